The molecule has 0 atom stereocenters. The molecule has 0 unspecified atom stereocenters. The van der Waals surface area contributed by atoms with E-state index < -0.39 is 5.97 Å². The van der Waals surface area contributed by atoms with Crippen LogP contribution in [0, 0.1) is 0 Å². The van der Waals surface area contributed by atoms with Gasteiger partial charge in [0.25, 0.3) is 0 Å². The van der Waals surface area contributed by atoms with Crippen molar-refractivity contribution in [1.29, 1.82) is 0 Å². The Morgan fingerprint density at radius 2 is 2.18 bits per heavy atom. The summed E-state index contributed by atoms with van der Waals surface area (Å²) in [6, 6.07) is 0. The average Bonchev–Trinajstić information content (AvgIpc) is 2.03. The number of carbonyl (C=O) groups is 1. The molecule has 0 aliphatic carbocycles. The fourth-order valence-corrected chi connectivity index (χ4v) is 0.419. The summed E-state index contributed by atoms with van der Waals surface area (Å²) in [5, 5.41) is 0. The van der Waals surface area contributed by atoms with Gasteiger partial charge in [-0.05, 0) is 6.92 Å². The lowest BCUT2D eigenvalue weighted by atomic mass is 10.4. The first-order valence-electron chi connectivity index (χ1n) is 3.30. The molecule has 0 heterocycles. The number of allylic oxidation sites excluding steroid dienone is 1. The van der Waals surface area contributed by atoms with Crippen molar-refractivity contribution in [3.05, 3.63) is 11.8 Å². The molecule has 0 fully saturated rings. The average molecular weight is 159 g/mol. The predicted molar refractivity (Wildman–Crippen MR) is 40.8 cm³/mol. The van der Waals surface area contributed by atoms with Crippen LogP contribution in [0.3, 0.4) is 0 Å². The topological polar surface area (TPSA) is 61.6 Å². The summed E-state index contributed by atoms with van der Waals surface area (Å²) in [7, 11) is 1.53. The second-order valence-electron chi connectivity index (χ2n) is 1.87. The van der Waals surface area contributed by atoms with Crippen LogP contribution in [-0.4, -0.2) is 26.3 Å². The maximum atomic E-state index is 10.8. The Morgan fingerprint density at radius 1 is 1.55 bits per heavy atom. The molecule has 0 radical (unpaired) electrons. The zero-order valence-electron chi connectivity index (χ0n) is 6.79. The summed E-state index contributed by atoms with van der Waals surface area (Å²) in [5.74, 6) is -0.496. The maximum Gasteiger partial charge on any atom is 0.353 e. The van der Waals surface area contributed by atoms with Crippen molar-refractivity contribution in [3.63, 3.8) is 0 Å². The van der Waals surface area contributed by atoms with E-state index in [0.717, 1.165) is 0 Å². The lowest BCUT2D eigenvalue weighted by molar-refractivity contribution is -0.140. The van der Waals surface area contributed by atoms with E-state index >= 15 is 0 Å². The fraction of sp³-hybridized carbons (Fsp3) is 0.571. The van der Waals surface area contributed by atoms with Crippen LogP contribution in [0.5, 0.6) is 0 Å². The third-order valence-corrected chi connectivity index (χ3v) is 1.07. The van der Waals surface area contributed by atoms with Gasteiger partial charge in [0.2, 0.25) is 0 Å². The predicted octanol–water partition coefficient (Wildman–Crippen LogP) is 0.0385. The van der Waals surface area contributed by atoms with Crippen molar-refractivity contribution in [2.75, 3.05) is 20.3 Å². The van der Waals surface area contributed by atoms with E-state index in [1.807, 2.05) is 0 Å². The van der Waals surface area contributed by atoms with E-state index in [4.69, 9.17) is 5.73 Å². The van der Waals surface area contributed by atoms with Gasteiger partial charge in [-0.15, -0.1) is 0 Å². The van der Waals surface area contributed by atoms with Gasteiger partial charge in [0, 0.05) is 7.11 Å². The van der Waals surface area contributed by atoms with Crippen molar-refractivity contribution in [3.8, 4) is 0 Å². The SMILES string of the molecule is C/C=C(\N)C(=O)OCCOC. The first-order valence-corrected chi connectivity index (χ1v) is 3.30. The molecule has 0 rings (SSSR count). The number of esters is 1. The third-order valence-electron chi connectivity index (χ3n) is 1.07. The van der Waals surface area contributed by atoms with Crippen molar-refractivity contribution < 1.29 is 14.3 Å². The van der Waals surface area contributed by atoms with Crippen molar-refractivity contribution in [1.82, 2.24) is 0 Å². The molecular formula is C7H13NO3. The van der Waals surface area contributed by atoms with E-state index in [-0.39, 0.29) is 12.3 Å². The minimum absolute atomic E-state index is 0.126. The number of nitrogens with two attached hydrogens (primary N) is 1. The summed E-state index contributed by atoms with van der Waals surface area (Å²) < 4.78 is 9.35. The monoisotopic (exact) mass is 159 g/mol. The zero-order valence-corrected chi connectivity index (χ0v) is 6.79. The Bertz CT molecular complexity index is 154. The van der Waals surface area contributed by atoms with Crippen LogP contribution in [0.1, 0.15) is 6.92 Å². The van der Waals surface area contributed by atoms with Crippen LogP contribution in [0.15, 0.2) is 11.8 Å². The molecular weight excluding hydrogens is 146 g/mol. The van der Waals surface area contributed by atoms with Gasteiger partial charge >= 0.3 is 5.97 Å². The lowest BCUT2D eigenvalue weighted by Crippen LogP contribution is -2.16. The quantitative estimate of drug-likeness (QED) is 0.357. The Kier molecular flexibility index (Phi) is 5.20. The smallest absolute Gasteiger partial charge is 0.353 e. The molecule has 0 bridgehead atoms. The Hall–Kier alpha value is -1.03. The molecule has 64 valence electrons. The Labute approximate surface area is 66.0 Å². The standard InChI is InChI=1S/C7H13NO3/c1-3-6(8)7(9)11-5-4-10-2/h3H,4-5,8H2,1-2H3/b6-3-. The van der Waals surface area contributed by atoms with Crippen LogP contribution in [-0.2, 0) is 14.3 Å². The highest BCUT2D eigenvalue weighted by atomic mass is 16.6. The third kappa shape index (κ3) is 4.38. The molecule has 0 aliphatic rings. The molecule has 2 N–H and O–H groups in total. The van der Waals surface area contributed by atoms with Crippen LogP contribution in [0.4, 0.5) is 0 Å². The van der Waals surface area contributed by atoms with Gasteiger partial charge in [0.15, 0.2) is 0 Å². The lowest BCUT2D eigenvalue weighted by Gasteiger charge is -2.02. The molecule has 0 aromatic rings. The zero-order chi connectivity index (χ0) is 8.69. The Balaban J connectivity index is 3.53. The van der Waals surface area contributed by atoms with Crippen molar-refractivity contribution in [2.24, 2.45) is 5.73 Å². The summed E-state index contributed by atoms with van der Waals surface area (Å²) in [4.78, 5) is 10.8. The molecule has 0 aromatic heterocycles. The first-order chi connectivity index (χ1) is 5.22. The van der Waals surface area contributed by atoms with Gasteiger partial charge in [-0.1, -0.05) is 6.08 Å². The molecule has 11 heavy (non-hydrogen) atoms. The summed E-state index contributed by atoms with van der Waals surface area (Å²) in [6.07, 6.45) is 1.50. The molecule has 0 aliphatic heterocycles. The normalized spacial score (nSPS) is 11.3. The van der Waals surface area contributed by atoms with E-state index in [1.165, 1.54) is 13.2 Å². The van der Waals surface area contributed by atoms with E-state index in [1.54, 1.807) is 6.92 Å². The highest BCUT2D eigenvalue weighted by molar-refractivity contribution is 5.87. The van der Waals surface area contributed by atoms with Crippen LogP contribution < -0.4 is 5.73 Å². The fourth-order valence-electron chi connectivity index (χ4n) is 0.419. The summed E-state index contributed by atoms with van der Waals surface area (Å²) in [6.45, 7) is 2.31. The number of methoxy groups -OCH3 is 1. The minimum atomic E-state index is -0.496. The van der Waals surface area contributed by atoms with Gasteiger partial charge in [-0.25, -0.2) is 4.79 Å². The summed E-state index contributed by atoms with van der Waals surface area (Å²) >= 11 is 0. The minimum Gasteiger partial charge on any atom is -0.459 e. The molecule has 0 saturated heterocycles. The van der Waals surface area contributed by atoms with E-state index in [2.05, 4.69) is 9.47 Å². The number of ether oxygens (including phenoxy) is 2. The van der Waals surface area contributed by atoms with E-state index in [0.29, 0.717) is 6.61 Å². The van der Waals surface area contributed by atoms with Gasteiger partial charge in [0.1, 0.15) is 12.3 Å². The van der Waals surface area contributed by atoms with Gasteiger partial charge in [-0.2, -0.15) is 0 Å². The second kappa shape index (κ2) is 5.73. The highest BCUT2D eigenvalue weighted by Gasteiger charge is 2.03. The van der Waals surface area contributed by atoms with Crippen LogP contribution in [0.25, 0.3) is 0 Å². The van der Waals surface area contributed by atoms with Gasteiger partial charge < -0.3 is 15.2 Å². The van der Waals surface area contributed by atoms with Crippen LogP contribution in [0.2, 0.25) is 0 Å². The van der Waals surface area contributed by atoms with Crippen molar-refractivity contribution in [2.45, 2.75) is 6.92 Å². The molecule has 0 amide bonds. The molecule has 0 aromatic carbocycles. The number of hydrogen-bond donors (Lipinski definition) is 1. The van der Waals surface area contributed by atoms with Crippen LogP contribution >= 0.6 is 0 Å². The molecule has 0 saturated carbocycles. The Morgan fingerprint density at radius 3 is 2.64 bits per heavy atom. The summed E-state index contributed by atoms with van der Waals surface area (Å²) in [5.41, 5.74) is 5.37. The van der Waals surface area contributed by atoms with Crippen molar-refractivity contribution >= 4 is 5.97 Å². The number of rotatable bonds is 4. The first kappa shape index (κ1) is 9.97. The van der Waals surface area contributed by atoms with Gasteiger partial charge in [-0.3, -0.25) is 0 Å². The van der Waals surface area contributed by atoms with E-state index in [9.17, 15) is 4.79 Å². The number of hydrogen-bond acceptors (Lipinski definition) is 4. The maximum absolute atomic E-state index is 10.8. The molecule has 4 nitrogen and oxygen atoms in total. The molecule has 4 heteroatoms. The number of carbonyl (C=O) groups excluding carboxylic acids is 1. The highest BCUT2D eigenvalue weighted by Crippen LogP contribution is 1.88. The molecule has 0 spiro atoms. The van der Waals surface area contributed by atoms with Gasteiger partial charge in [0.05, 0.1) is 6.61 Å². The second-order valence-corrected chi connectivity index (χ2v) is 1.87. The largest absolute Gasteiger partial charge is 0.459 e.